The fraction of sp³-hybridized carbons (Fsp3) is 0.0588. The molecule has 0 aliphatic heterocycles. The minimum atomic E-state index is -5.35. The molecule has 26 heteroatoms. The van der Waals surface area contributed by atoms with E-state index in [9.17, 15) is 67.1 Å². The second-order valence-electron chi connectivity index (χ2n) is 12.6. The molecular formula is C34H26N6O16S4. The molecule has 0 unspecified atom stereocenters. The van der Waals surface area contributed by atoms with Crippen molar-refractivity contribution in [3.05, 3.63) is 106 Å². The Morgan fingerprint density at radius 1 is 0.633 bits per heavy atom. The zero-order valence-corrected chi connectivity index (χ0v) is 33.2. The second-order valence-corrected chi connectivity index (χ2v) is 18.1. The van der Waals surface area contributed by atoms with Crippen LogP contribution in [0.5, 0.6) is 11.5 Å². The van der Waals surface area contributed by atoms with Gasteiger partial charge in [-0.15, -0.1) is 20.5 Å². The lowest BCUT2D eigenvalue weighted by Gasteiger charge is -2.14. The van der Waals surface area contributed by atoms with E-state index in [1.165, 1.54) is 6.07 Å². The number of nitrogen functional groups attached to an aromatic ring is 1. The molecule has 312 valence electrons. The molecule has 0 fully saturated rings. The first-order valence-corrected chi connectivity index (χ1v) is 22.0. The third-order valence-electron chi connectivity index (χ3n) is 8.55. The summed E-state index contributed by atoms with van der Waals surface area (Å²) in [6.07, 6.45) is 0. The molecule has 6 aromatic rings. The molecule has 22 nitrogen and oxygen atoms in total. The van der Waals surface area contributed by atoms with Crippen LogP contribution in [-0.2, 0) is 47.1 Å². The summed E-state index contributed by atoms with van der Waals surface area (Å²) in [4.78, 5) is 6.36. The zero-order chi connectivity index (χ0) is 44.1. The number of nitro benzene ring substituents is 1. The van der Waals surface area contributed by atoms with Gasteiger partial charge in [0.25, 0.3) is 46.2 Å². The number of anilines is 1. The molecule has 0 spiro atoms. The van der Waals surface area contributed by atoms with Crippen LogP contribution >= 0.6 is 0 Å². The lowest BCUT2D eigenvalue weighted by atomic mass is 10.1. The van der Waals surface area contributed by atoms with E-state index < -0.39 is 121 Å². The van der Waals surface area contributed by atoms with Gasteiger partial charge in [0.2, 0.25) is 0 Å². The van der Waals surface area contributed by atoms with Crippen LogP contribution in [-0.4, -0.2) is 61.9 Å². The highest BCUT2D eigenvalue weighted by Gasteiger charge is 2.27. The van der Waals surface area contributed by atoms with Crippen LogP contribution in [0.25, 0.3) is 21.5 Å². The van der Waals surface area contributed by atoms with Gasteiger partial charge in [-0.3, -0.25) is 28.3 Å². The smallest absolute Gasteiger partial charge is 0.297 e. The number of hydrogen-bond acceptors (Lipinski definition) is 17. The van der Waals surface area contributed by atoms with Gasteiger partial charge in [0.1, 0.15) is 49.8 Å². The van der Waals surface area contributed by atoms with E-state index in [-0.39, 0.29) is 17.7 Å². The molecule has 6 rings (SSSR count). The third-order valence-corrected chi connectivity index (χ3v) is 12.1. The molecule has 0 saturated carbocycles. The maximum atomic E-state index is 12.9. The number of nitrogens with zero attached hydrogens (tertiary/aromatic N) is 5. The van der Waals surface area contributed by atoms with Crippen molar-refractivity contribution in [2.75, 3.05) is 5.73 Å². The van der Waals surface area contributed by atoms with Crippen molar-refractivity contribution in [1.29, 1.82) is 0 Å². The third kappa shape index (κ3) is 8.89. The molecule has 0 aliphatic rings. The van der Waals surface area contributed by atoms with Crippen molar-refractivity contribution in [3.8, 4) is 11.5 Å². The van der Waals surface area contributed by atoms with Gasteiger partial charge in [0.15, 0.2) is 5.75 Å². The summed E-state index contributed by atoms with van der Waals surface area (Å²) in [6.45, 7) is 1.69. The highest BCUT2D eigenvalue weighted by molar-refractivity contribution is 7.87. The summed E-state index contributed by atoms with van der Waals surface area (Å²) in [5, 5.41) is 35.8. The summed E-state index contributed by atoms with van der Waals surface area (Å²) in [5.74, 6) is -1.19. The van der Waals surface area contributed by atoms with Crippen molar-refractivity contribution in [3.63, 3.8) is 0 Å². The average molecular weight is 903 g/mol. The Morgan fingerprint density at radius 3 is 1.80 bits per heavy atom. The number of aromatic hydroxyl groups is 1. The SMILES string of the molecule is Cc1ccc(COc2cc(S(=O)(=O)O)cc3c(S(=O)(=O)O)c(N=Nc4cc(S(=O)(=O)O)c5ccc(N=Nc6ccc([N+](=O)[O-])cc6S(=O)(=O)O)c(O)c5c4N)ccc23)cc1. The number of phenols is 1. The van der Waals surface area contributed by atoms with E-state index in [2.05, 4.69) is 20.5 Å². The van der Waals surface area contributed by atoms with Gasteiger partial charge < -0.3 is 15.6 Å². The normalized spacial score (nSPS) is 12.8. The van der Waals surface area contributed by atoms with Crippen LogP contribution in [0.4, 0.5) is 34.1 Å². The number of nitro groups is 1. The van der Waals surface area contributed by atoms with Crippen molar-refractivity contribution in [2.24, 2.45) is 20.5 Å². The number of hydrogen-bond donors (Lipinski definition) is 6. The number of fused-ring (bicyclic) bond motifs is 2. The standard InChI is InChI=1S/C34H26N6O16S4/c1-17-2-4-18(5-3-17)16-56-28-14-20(57(44,45)46)13-23-21(28)7-11-26(34(23)60(53,54)55)38-39-27-15-29(58(47,48)49)22-8-10-25(33(41)31(22)32(27)35)37-36-24-9-6-19(40(42)43)12-30(24)59(50,51)52/h2-15,41H,16,35H2,1H3,(H,44,45,46)(H,47,48,49)(H,50,51,52)(H,53,54,55). The van der Waals surface area contributed by atoms with E-state index in [1.54, 1.807) is 24.3 Å². The van der Waals surface area contributed by atoms with Crippen molar-refractivity contribution in [2.45, 2.75) is 33.1 Å². The zero-order valence-electron chi connectivity index (χ0n) is 30.0. The summed E-state index contributed by atoms with van der Waals surface area (Å²) >= 11 is 0. The first-order chi connectivity index (χ1) is 27.8. The van der Waals surface area contributed by atoms with E-state index in [0.717, 1.165) is 48.0 Å². The number of phenolic OH excluding ortho intramolecular Hbond substituents is 1. The first-order valence-electron chi connectivity index (χ1n) is 16.2. The number of aryl methyl sites for hydroxylation is 1. The van der Waals surface area contributed by atoms with Crippen molar-refractivity contribution < 1.29 is 66.6 Å². The average Bonchev–Trinajstić information content (AvgIpc) is 3.14. The molecule has 0 atom stereocenters. The maximum absolute atomic E-state index is 12.9. The van der Waals surface area contributed by atoms with Gasteiger partial charge in [0, 0.05) is 34.4 Å². The molecule has 0 heterocycles. The molecular weight excluding hydrogens is 877 g/mol. The summed E-state index contributed by atoms with van der Waals surface area (Å²) in [6, 6.07) is 15.7. The lowest BCUT2D eigenvalue weighted by molar-refractivity contribution is -0.385. The number of ether oxygens (including phenoxy) is 1. The molecule has 0 aliphatic carbocycles. The molecule has 0 aromatic heterocycles. The number of benzene rings is 6. The fourth-order valence-corrected chi connectivity index (χ4v) is 8.46. The van der Waals surface area contributed by atoms with Gasteiger partial charge >= 0.3 is 0 Å². The Labute approximate surface area is 338 Å². The number of nitrogens with two attached hydrogens (primary N) is 1. The number of non-ortho nitro benzene ring substituents is 1. The van der Waals surface area contributed by atoms with E-state index >= 15 is 0 Å². The highest BCUT2D eigenvalue weighted by atomic mass is 32.2. The minimum Gasteiger partial charge on any atom is -0.505 e. The second kappa shape index (κ2) is 15.6. The van der Waals surface area contributed by atoms with Crippen LogP contribution in [0.3, 0.4) is 0 Å². The van der Waals surface area contributed by atoms with E-state index in [4.69, 9.17) is 10.5 Å². The van der Waals surface area contributed by atoms with Gasteiger partial charge in [-0.05, 0) is 48.9 Å². The molecule has 0 amide bonds. The minimum absolute atomic E-state index is 0.0796. The Hall–Kier alpha value is -6.52. The molecule has 60 heavy (non-hydrogen) atoms. The topological polar surface area (TPSA) is 366 Å². The number of rotatable bonds is 12. The summed E-state index contributed by atoms with van der Waals surface area (Å²) in [5.41, 5.74) is 4.00. The fourth-order valence-electron chi connectivity index (χ4n) is 5.76. The predicted octanol–water partition coefficient (Wildman–Crippen LogP) is 6.89. The largest absolute Gasteiger partial charge is 0.505 e. The molecule has 6 aromatic carbocycles. The Bertz CT molecular complexity index is 3320. The van der Waals surface area contributed by atoms with Crippen LogP contribution in [0.1, 0.15) is 11.1 Å². The van der Waals surface area contributed by atoms with E-state index in [0.29, 0.717) is 17.7 Å². The van der Waals surface area contributed by atoms with Crippen molar-refractivity contribution in [1.82, 2.24) is 0 Å². The van der Waals surface area contributed by atoms with Gasteiger partial charge in [-0.2, -0.15) is 33.7 Å². The maximum Gasteiger partial charge on any atom is 0.297 e. The monoisotopic (exact) mass is 902 g/mol. The Kier molecular flexibility index (Phi) is 11.2. The van der Waals surface area contributed by atoms with E-state index in [1.807, 2.05) is 6.92 Å². The lowest BCUT2D eigenvalue weighted by Crippen LogP contribution is -2.05. The van der Waals surface area contributed by atoms with Gasteiger partial charge in [-0.25, -0.2) is 0 Å². The van der Waals surface area contributed by atoms with Crippen LogP contribution in [0.15, 0.2) is 125 Å². The molecule has 0 saturated heterocycles. The van der Waals surface area contributed by atoms with Gasteiger partial charge in [-0.1, -0.05) is 35.9 Å². The summed E-state index contributed by atoms with van der Waals surface area (Å²) in [7, 11) is -20.7. The quantitative estimate of drug-likeness (QED) is 0.0239. The van der Waals surface area contributed by atoms with Crippen LogP contribution in [0.2, 0.25) is 0 Å². The number of azo groups is 2. The molecule has 7 N–H and O–H groups in total. The highest BCUT2D eigenvalue weighted by Crippen LogP contribution is 2.46. The Morgan fingerprint density at radius 2 is 1.20 bits per heavy atom. The van der Waals surface area contributed by atoms with Crippen LogP contribution in [0, 0.1) is 17.0 Å². The molecule has 0 bridgehead atoms. The van der Waals surface area contributed by atoms with Crippen molar-refractivity contribution >= 4 is 96.1 Å². The van der Waals surface area contributed by atoms with Crippen LogP contribution < -0.4 is 10.5 Å². The Balaban J connectivity index is 1.51. The van der Waals surface area contributed by atoms with Gasteiger partial charge in [0.05, 0.1) is 20.9 Å². The first kappa shape index (κ1) is 43.1. The summed E-state index contributed by atoms with van der Waals surface area (Å²) < 4.78 is 145. The molecule has 0 radical (unpaired) electrons. The predicted molar refractivity (Wildman–Crippen MR) is 210 cm³/mol.